The van der Waals surface area contributed by atoms with Crippen molar-refractivity contribution in [2.45, 2.75) is 13.3 Å². The SMILES string of the molecule is CCP(=S)(Cl)OC(F)CBr. The van der Waals surface area contributed by atoms with Crippen molar-refractivity contribution in [3.05, 3.63) is 0 Å². The number of halogens is 3. The van der Waals surface area contributed by atoms with Crippen LogP contribution in [0.3, 0.4) is 0 Å². The first-order chi connectivity index (χ1) is 4.52. The van der Waals surface area contributed by atoms with Gasteiger partial charge in [-0.25, -0.2) is 4.39 Å². The Hall–Kier alpha value is 1.31. The lowest BCUT2D eigenvalue weighted by Gasteiger charge is -2.14. The molecule has 0 aromatic heterocycles. The van der Waals surface area contributed by atoms with Gasteiger partial charge in [0.15, 0.2) is 5.62 Å². The zero-order chi connectivity index (χ0) is 8.20. The van der Waals surface area contributed by atoms with Gasteiger partial charge in [0.25, 0.3) is 0 Å². The molecule has 62 valence electrons. The van der Waals surface area contributed by atoms with Crippen molar-refractivity contribution in [2.24, 2.45) is 0 Å². The predicted molar refractivity (Wildman–Crippen MR) is 50.5 cm³/mol. The molecule has 6 heteroatoms. The highest BCUT2D eigenvalue weighted by Crippen LogP contribution is 2.53. The fraction of sp³-hybridized carbons (Fsp3) is 1.00. The van der Waals surface area contributed by atoms with Gasteiger partial charge in [-0.1, -0.05) is 45.9 Å². The normalized spacial score (nSPS) is 20.0. The number of hydrogen-bond donors (Lipinski definition) is 0. The van der Waals surface area contributed by atoms with E-state index in [1.165, 1.54) is 0 Å². The first-order valence-electron chi connectivity index (χ1n) is 2.69. The smallest absolute Gasteiger partial charge is 0.214 e. The molecule has 2 unspecified atom stereocenters. The molecule has 0 N–H and O–H groups in total. The van der Waals surface area contributed by atoms with Gasteiger partial charge in [-0.05, 0) is 0 Å². The van der Waals surface area contributed by atoms with Gasteiger partial charge in [0.1, 0.15) is 0 Å². The first-order valence-corrected chi connectivity index (χ1v) is 7.62. The van der Waals surface area contributed by atoms with Crippen LogP contribution in [0.15, 0.2) is 0 Å². The Balaban J connectivity index is 3.77. The lowest BCUT2D eigenvalue weighted by Crippen LogP contribution is -2.04. The molecular formula is C4H8BrClFOPS. The van der Waals surface area contributed by atoms with E-state index in [2.05, 4.69) is 15.9 Å². The summed E-state index contributed by atoms with van der Waals surface area (Å²) >= 11 is 13.3. The zero-order valence-electron chi connectivity index (χ0n) is 5.39. The van der Waals surface area contributed by atoms with E-state index in [-0.39, 0.29) is 5.33 Å². The van der Waals surface area contributed by atoms with Gasteiger partial charge in [0.05, 0.1) is 5.33 Å². The predicted octanol–water partition coefficient (Wildman–Crippen LogP) is 3.26. The minimum atomic E-state index is -2.35. The topological polar surface area (TPSA) is 9.23 Å². The maximum atomic E-state index is 12.4. The van der Waals surface area contributed by atoms with Crippen LogP contribution < -0.4 is 0 Å². The van der Waals surface area contributed by atoms with Gasteiger partial charge in [0, 0.05) is 6.16 Å². The molecule has 0 spiro atoms. The average molecular weight is 270 g/mol. The molecule has 0 saturated carbocycles. The van der Waals surface area contributed by atoms with Crippen molar-refractivity contribution in [3.63, 3.8) is 0 Å². The van der Waals surface area contributed by atoms with Crippen molar-refractivity contribution in [2.75, 3.05) is 11.5 Å². The Kier molecular flexibility index (Phi) is 5.71. The van der Waals surface area contributed by atoms with Crippen LogP contribution in [0.25, 0.3) is 0 Å². The van der Waals surface area contributed by atoms with Gasteiger partial charge < -0.3 is 4.52 Å². The molecule has 0 aromatic rings. The van der Waals surface area contributed by atoms with Crippen LogP contribution >= 0.6 is 32.8 Å². The fourth-order valence-corrected chi connectivity index (χ4v) is 1.71. The van der Waals surface area contributed by atoms with E-state index in [0.29, 0.717) is 6.16 Å². The van der Waals surface area contributed by atoms with Crippen molar-refractivity contribution < 1.29 is 8.91 Å². The highest BCUT2D eigenvalue weighted by Gasteiger charge is 2.16. The minimum Gasteiger partial charge on any atom is -0.302 e. The lowest BCUT2D eigenvalue weighted by atomic mass is 10.8. The van der Waals surface area contributed by atoms with E-state index in [1.54, 1.807) is 6.92 Å². The minimum absolute atomic E-state index is 0.123. The molecule has 0 aromatic carbocycles. The van der Waals surface area contributed by atoms with Crippen molar-refractivity contribution in [3.8, 4) is 0 Å². The summed E-state index contributed by atoms with van der Waals surface area (Å²) in [5, 5.41) is 0.123. The second kappa shape index (κ2) is 5.04. The Morgan fingerprint density at radius 2 is 2.40 bits per heavy atom. The maximum Gasteiger partial charge on any atom is 0.214 e. The molecule has 0 bridgehead atoms. The van der Waals surface area contributed by atoms with Crippen molar-refractivity contribution in [1.82, 2.24) is 0 Å². The third-order valence-electron chi connectivity index (χ3n) is 0.771. The van der Waals surface area contributed by atoms with E-state index < -0.39 is 12.0 Å². The summed E-state index contributed by atoms with van der Waals surface area (Å²) in [5.74, 6) is 0. The molecule has 0 aliphatic carbocycles. The van der Waals surface area contributed by atoms with Gasteiger partial charge >= 0.3 is 0 Å². The van der Waals surface area contributed by atoms with Crippen LogP contribution in [0, 0.1) is 0 Å². The molecule has 0 saturated heterocycles. The van der Waals surface area contributed by atoms with E-state index in [0.717, 1.165) is 0 Å². The quantitative estimate of drug-likeness (QED) is 0.572. The summed E-state index contributed by atoms with van der Waals surface area (Å²) in [5.41, 5.74) is -2.35. The van der Waals surface area contributed by atoms with Crippen molar-refractivity contribution in [1.29, 1.82) is 0 Å². The molecular weight excluding hydrogens is 261 g/mol. The molecule has 0 heterocycles. The van der Waals surface area contributed by atoms with Crippen LogP contribution in [-0.2, 0) is 16.3 Å². The van der Waals surface area contributed by atoms with Crippen LogP contribution in [0.5, 0.6) is 0 Å². The molecule has 0 radical (unpaired) electrons. The van der Waals surface area contributed by atoms with Gasteiger partial charge in [-0.2, -0.15) is 0 Å². The zero-order valence-corrected chi connectivity index (χ0v) is 9.44. The Morgan fingerprint density at radius 3 is 2.70 bits per heavy atom. The number of hydrogen-bond acceptors (Lipinski definition) is 2. The van der Waals surface area contributed by atoms with Gasteiger partial charge in [-0.15, -0.1) is 0 Å². The van der Waals surface area contributed by atoms with Gasteiger partial charge in [-0.3, -0.25) is 0 Å². The summed E-state index contributed by atoms with van der Waals surface area (Å²) in [6, 6.07) is 0. The van der Waals surface area contributed by atoms with E-state index in [4.69, 9.17) is 27.6 Å². The van der Waals surface area contributed by atoms with E-state index >= 15 is 0 Å². The number of rotatable bonds is 4. The third kappa shape index (κ3) is 5.03. The lowest BCUT2D eigenvalue weighted by molar-refractivity contribution is 0.109. The van der Waals surface area contributed by atoms with E-state index in [9.17, 15) is 4.39 Å². The summed E-state index contributed by atoms with van der Waals surface area (Å²) in [6.45, 7) is 1.79. The highest BCUT2D eigenvalue weighted by molar-refractivity contribution is 9.09. The summed E-state index contributed by atoms with van der Waals surface area (Å²) in [4.78, 5) is 0. The summed E-state index contributed by atoms with van der Waals surface area (Å²) in [7, 11) is 0. The van der Waals surface area contributed by atoms with Gasteiger partial charge in [0.2, 0.25) is 6.36 Å². The second-order valence-electron chi connectivity index (χ2n) is 1.58. The molecule has 0 amide bonds. The molecule has 0 fully saturated rings. The maximum absolute atomic E-state index is 12.4. The number of alkyl halides is 2. The van der Waals surface area contributed by atoms with E-state index in [1.807, 2.05) is 0 Å². The Bertz CT molecular complexity index is 147. The Labute approximate surface area is 78.3 Å². The molecule has 0 aliphatic heterocycles. The van der Waals surface area contributed by atoms with Crippen LogP contribution in [0.1, 0.15) is 6.92 Å². The van der Waals surface area contributed by atoms with Crippen molar-refractivity contribution >= 4 is 44.6 Å². The second-order valence-corrected chi connectivity index (χ2v) is 8.26. The van der Waals surface area contributed by atoms with Crippen LogP contribution in [-0.4, -0.2) is 17.8 Å². The molecule has 10 heavy (non-hydrogen) atoms. The highest BCUT2D eigenvalue weighted by atomic mass is 79.9. The third-order valence-corrected chi connectivity index (χ3v) is 4.57. The molecule has 0 rings (SSSR count). The van der Waals surface area contributed by atoms with Crippen LogP contribution in [0.4, 0.5) is 4.39 Å². The Morgan fingerprint density at radius 1 is 1.90 bits per heavy atom. The monoisotopic (exact) mass is 268 g/mol. The molecule has 1 nitrogen and oxygen atoms in total. The standard InChI is InChI=1S/C4H8BrClFOPS/c1-2-9(6,10)8-4(7)3-5/h4H,2-3H2,1H3. The first kappa shape index (κ1) is 11.3. The largest absolute Gasteiger partial charge is 0.302 e. The average Bonchev–Trinajstić information content (AvgIpc) is 1.87. The summed E-state index contributed by atoms with van der Waals surface area (Å²) in [6.07, 6.45) is -0.861. The molecule has 2 atom stereocenters. The fourth-order valence-electron chi connectivity index (χ4n) is 0.274. The summed E-state index contributed by atoms with van der Waals surface area (Å²) < 4.78 is 17.1. The molecule has 0 aliphatic rings. The van der Waals surface area contributed by atoms with Crippen LogP contribution in [0.2, 0.25) is 0 Å².